The number of anilines is 3. The second-order valence-electron chi connectivity index (χ2n) is 15.0. The highest BCUT2D eigenvalue weighted by Gasteiger charge is 2.39. The molecule has 2 heterocycles. The van der Waals surface area contributed by atoms with Gasteiger partial charge in [-0.2, -0.15) is 0 Å². The highest BCUT2D eigenvalue weighted by atomic mass is 16.5. The molecule has 0 radical (unpaired) electrons. The van der Waals surface area contributed by atoms with E-state index >= 15 is 0 Å². The summed E-state index contributed by atoms with van der Waals surface area (Å²) in [5.41, 5.74) is 4.82. The molecule has 15 nitrogen and oxygen atoms in total. The van der Waals surface area contributed by atoms with Crippen LogP contribution < -0.4 is 26.2 Å². The first-order valence-electron chi connectivity index (χ1n) is 20.5. The van der Waals surface area contributed by atoms with Gasteiger partial charge in [0.15, 0.2) is 0 Å². The molecule has 2 aliphatic heterocycles. The molecule has 0 spiro atoms. The van der Waals surface area contributed by atoms with Crippen molar-refractivity contribution in [3.05, 3.63) is 126 Å². The summed E-state index contributed by atoms with van der Waals surface area (Å²) in [5.74, 6) is -1.28. The quantitative estimate of drug-likeness (QED) is 0.112. The SMILES string of the molecule is CCC(NC(=O)OC)C(=O)N1CCCC1C(=O)Nc1ccc(CN(Cc2ccc(NC(=O)C3CCCN3C(=O)C(NC(=O)OC)c3ccccc3)cc2)c2ccccc2)cc1. The smallest absolute Gasteiger partial charge is 0.407 e. The van der Waals surface area contributed by atoms with Gasteiger partial charge in [0.25, 0.3) is 5.91 Å². The van der Waals surface area contributed by atoms with Gasteiger partial charge in [-0.3, -0.25) is 19.2 Å². The van der Waals surface area contributed by atoms with E-state index in [1.165, 1.54) is 24.0 Å². The number of nitrogens with zero attached hydrogens (tertiary/aromatic N) is 3. The molecule has 0 aliphatic carbocycles. The highest BCUT2D eigenvalue weighted by Crippen LogP contribution is 2.27. The Morgan fingerprint density at radius 2 is 1.08 bits per heavy atom. The summed E-state index contributed by atoms with van der Waals surface area (Å²) in [6.45, 7) is 3.72. The summed E-state index contributed by atoms with van der Waals surface area (Å²) in [4.78, 5) is 83.3. The molecule has 2 saturated heterocycles. The normalized spacial score (nSPS) is 16.8. The van der Waals surface area contributed by atoms with Gasteiger partial charge in [-0.1, -0.05) is 79.7 Å². The predicted octanol–water partition coefficient (Wildman–Crippen LogP) is 5.98. The van der Waals surface area contributed by atoms with E-state index in [2.05, 4.69) is 30.9 Å². The van der Waals surface area contributed by atoms with Crippen LogP contribution in [0.4, 0.5) is 26.7 Å². The fourth-order valence-electron chi connectivity index (χ4n) is 7.78. The molecule has 6 rings (SSSR count). The second-order valence-corrected chi connectivity index (χ2v) is 15.0. The van der Waals surface area contributed by atoms with Crippen molar-refractivity contribution in [1.82, 2.24) is 20.4 Å². The first-order chi connectivity index (χ1) is 29.6. The Kier molecular flexibility index (Phi) is 14.9. The molecule has 2 fully saturated rings. The summed E-state index contributed by atoms with van der Waals surface area (Å²) >= 11 is 0. The Balaban J connectivity index is 1.07. The number of amides is 6. The largest absolute Gasteiger partial charge is 0.453 e. The Hall–Kier alpha value is -6.90. The van der Waals surface area contributed by atoms with Crippen LogP contribution in [-0.2, 0) is 41.7 Å². The Morgan fingerprint density at radius 3 is 1.56 bits per heavy atom. The number of carbonyl (C=O) groups is 6. The number of alkyl carbamates (subject to hydrolysis) is 2. The van der Waals surface area contributed by atoms with E-state index in [0.29, 0.717) is 75.2 Å². The lowest BCUT2D eigenvalue weighted by molar-refractivity contribution is -0.138. The van der Waals surface area contributed by atoms with Crippen molar-refractivity contribution in [2.45, 2.75) is 76.3 Å². The molecule has 0 aromatic heterocycles. The maximum absolute atomic E-state index is 13.8. The number of rotatable bonds is 15. The van der Waals surface area contributed by atoms with E-state index in [1.807, 2.05) is 84.9 Å². The van der Waals surface area contributed by atoms with Crippen molar-refractivity contribution in [2.75, 3.05) is 42.8 Å². The molecule has 0 saturated carbocycles. The van der Waals surface area contributed by atoms with Crippen LogP contribution in [0.1, 0.15) is 61.8 Å². The molecule has 61 heavy (non-hydrogen) atoms. The van der Waals surface area contributed by atoms with Gasteiger partial charge in [0.1, 0.15) is 24.2 Å². The average Bonchev–Trinajstić information content (AvgIpc) is 4.00. The summed E-state index contributed by atoms with van der Waals surface area (Å²) in [6.07, 6.45) is 1.28. The van der Waals surface area contributed by atoms with E-state index in [1.54, 1.807) is 31.2 Å². The molecule has 320 valence electrons. The van der Waals surface area contributed by atoms with Gasteiger partial charge >= 0.3 is 12.2 Å². The predicted molar refractivity (Wildman–Crippen MR) is 230 cm³/mol. The van der Waals surface area contributed by atoms with Crippen molar-refractivity contribution in [1.29, 1.82) is 0 Å². The zero-order valence-corrected chi connectivity index (χ0v) is 34.7. The molecule has 6 amide bonds. The van der Waals surface area contributed by atoms with E-state index in [0.717, 1.165) is 16.8 Å². The standard InChI is InChI=1S/C46H53N7O8/c1-4-37(49-45(58)60-2)43(56)52-27-11-17-38(52)41(54)47-34-23-19-31(20-24-34)29-51(36-15-9-6-10-16-36)30-32-21-25-35(26-22-32)48-42(55)39-18-12-28-53(39)44(57)40(50-46(59)61-3)33-13-7-5-8-14-33/h5-10,13-16,19-26,37-40H,4,11-12,17-18,27-30H2,1-3H3,(H,47,54)(H,48,55)(H,49,58)(H,50,59). The van der Waals surface area contributed by atoms with Crippen LogP contribution in [0.5, 0.6) is 0 Å². The third-order valence-electron chi connectivity index (χ3n) is 11.0. The van der Waals surface area contributed by atoms with Crippen LogP contribution in [0, 0.1) is 0 Å². The molecule has 0 bridgehead atoms. The third-order valence-corrected chi connectivity index (χ3v) is 11.0. The van der Waals surface area contributed by atoms with Crippen molar-refractivity contribution in [2.24, 2.45) is 0 Å². The van der Waals surface area contributed by atoms with Crippen molar-refractivity contribution < 1.29 is 38.2 Å². The lowest BCUT2D eigenvalue weighted by Gasteiger charge is -2.28. The summed E-state index contributed by atoms with van der Waals surface area (Å²) in [6, 6.07) is 31.0. The van der Waals surface area contributed by atoms with E-state index in [4.69, 9.17) is 4.74 Å². The van der Waals surface area contributed by atoms with Crippen molar-refractivity contribution >= 4 is 52.9 Å². The second kappa shape index (κ2) is 20.9. The average molecular weight is 832 g/mol. The lowest BCUT2D eigenvalue weighted by atomic mass is 10.0. The van der Waals surface area contributed by atoms with Gasteiger partial charge in [-0.25, -0.2) is 9.59 Å². The van der Waals surface area contributed by atoms with E-state index in [9.17, 15) is 28.8 Å². The van der Waals surface area contributed by atoms with Crippen LogP contribution in [0.25, 0.3) is 0 Å². The molecule has 4 N–H and O–H groups in total. The van der Waals surface area contributed by atoms with Crippen LogP contribution in [0.15, 0.2) is 109 Å². The molecule has 4 aromatic carbocycles. The third kappa shape index (κ3) is 11.2. The van der Waals surface area contributed by atoms with E-state index in [-0.39, 0.29) is 23.6 Å². The zero-order valence-electron chi connectivity index (χ0n) is 34.7. The minimum absolute atomic E-state index is 0.282. The molecular weight excluding hydrogens is 779 g/mol. The Labute approximate surface area is 355 Å². The Bertz CT molecular complexity index is 2140. The minimum atomic E-state index is -1.00. The van der Waals surface area contributed by atoms with Crippen LogP contribution in [0.2, 0.25) is 0 Å². The van der Waals surface area contributed by atoms with Gasteiger partial charge in [-0.15, -0.1) is 0 Å². The topological polar surface area (TPSA) is 179 Å². The van der Waals surface area contributed by atoms with Crippen molar-refractivity contribution in [3.63, 3.8) is 0 Å². The first kappa shape index (κ1) is 43.7. The minimum Gasteiger partial charge on any atom is -0.453 e. The molecular formula is C46H53N7O8. The Morgan fingerprint density at radius 1 is 0.623 bits per heavy atom. The molecule has 15 heteroatoms. The van der Waals surface area contributed by atoms with Crippen LogP contribution >= 0.6 is 0 Å². The highest BCUT2D eigenvalue weighted by molar-refractivity contribution is 5.99. The molecule has 2 aliphatic rings. The number of carbonyl (C=O) groups excluding carboxylic acids is 6. The van der Waals surface area contributed by atoms with Crippen LogP contribution in [-0.4, -0.2) is 91.0 Å². The van der Waals surface area contributed by atoms with Gasteiger partial charge in [-0.05, 0) is 85.2 Å². The van der Waals surface area contributed by atoms with Gasteiger partial charge < -0.3 is 45.4 Å². The summed E-state index contributed by atoms with van der Waals surface area (Å²) in [5, 5.41) is 11.1. The number of likely N-dealkylation sites (tertiary alicyclic amines) is 2. The van der Waals surface area contributed by atoms with Gasteiger partial charge in [0.2, 0.25) is 17.7 Å². The number of ether oxygens (including phenoxy) is 2. The fraction of sp³-hybridized carbons (Fsp3) is 0.348. The number of methoxy groups -OCH3 is 2. The summed E-state index contributed by atoms with van der Waals surface area (Å²) in [7, 11) is 2.47. The number of hydrogen-bond acceptors (Lipinski definition) is 9. The first-order valence-corrected chi connectivity index (χ1v) is 20.5. The molecule has 4 aromatic rings. The van der Waals surface area contributed by atoms with Crippen LogP contribution in [0.3, 0.4) is 0 Å². The monoisotopic (exact) mass is 831 g/mol. The van der Waals surface area contributed by atoms with E-state index < -0.39 is 36.4 Å². The molecule has 4 atom stereocenters. The summed E-state index contributed by atoms with van der Waals surface area (Å²) < 4.78 is 9.44. The number of para-hydroxylation sites is 1. The number of benzene rings is 4. The number of nitrogens with one attached hydrogen (secondary N) is 4. The fourth-order valence-corrected chi connectivity index (χ4v) is 7.78. The maximum Gasteiger partial charge on any atom is 0.407 e. The van der Waals surface area contributed by atoms with Gasteiger partial charge in [0, 0.05) is 43.2 Å². The van der Waals surface area contributed by atoms with Gasteiger partial charge in [0.05, 0.1) is 14.2 Å². The number of hydrogen-bond donors (Lipinski definition) is 4. The van der Waals surface area contributed by atoms with Crippen molar-refractivity contribution in [3.8, 4) is 0 Å². The zero-order chi connectivity index (χ0) is 43.3. The molecule has 4 unspecified atom stereocenters. The lowest BCUT2D eigenvalue weighted by Crippen LogP contribution is -2.52. The maximum atomic E-state index is 13.8.